The summed E-state index contributed by atoms with van der Waals surface area (Å²) in [6, 6.07) is 8.12. The van der Waals surface area contributed by atoms with Crippen LogP contribution < -0.4 is 10.3 Å². The van der Waals surface area contributed by atoms with Gasteiger partial charge in [0, 0.05) is 5.02 Å². The van der Waals surface area contributed by atoms with E-state index in [1.807, 2.05) is 13.8 Å². The number of fused-ring (bicyclic) bond motifs is 1. The zero-order chi connectivity index (χ0) is 23.2. The van der Waals surface area contributed by atoms with E-state index in [0.29, 0.717) is 18.1 Å². The van der Waals surface area contributed by atoms with Crippen LogP contribution in [0.2, 0.25) is 5.02 Å². The Hall–Kier alpha value is -2.55. The molecule has 0 bridgehead atoms. The van der Waals surface area contributed by atoms with Gasteiger partial charge in [-0.15, -0.1) is 0 Å². The van der Waals surface area contributed by atoms with Gasteiger partial charge in [-0.05, 0) is 43.7 Å². The predicted molar refractivity (Wildman–Crippen MR) is 114 cm³/mol. The van der Waals surface area contributed by atoms with E-state index in [1.165, 1.54) is 36.4 Å². The van der Waals surface area contributed by atoms with E-state index >= 15 is 0 Å². The number of hydrogen-bond donors (Lipinski definition) is 2. The molecule has 2 heterocycles. The number of halogens is 4. The zero-order valence-electron chi connectivity index (χ0n) is 17.4. The Kier molecular flexibility index (Phi) is 5.96. The second kappa shape index (κ2) is 8.42. The molecule has 0 amide bonds. The van der Waals surface area contributed by atoms with Gasteiger partial charge in [0.15, 0.2) is 5.58 Å². The van der Waals surface area contributed by atoms with Crippen LogP contribution in [0.3, 0.4) is 0 Å². The fourth-order valence-corrected chi connectivity index (χ4v) is 4.46. The molecule has 1 aromatic heterocycles. The van der Waals surface area contributed by atoms with Gasteiger partial charge in [-0.1, -0.05) is 23.7 Å². The first-order valence-electron chi connectivity index (χ1n) is 10.2. The molecule has 2 aromatic carbocycles. The van der Waals surface area contributed by atoms with Gasteiger partial charge in [0.25, 0.3) is 0 Å². The molecule has 1 aliphatic rings. The molecule has 1 fully saturated rings. The quantitative estimate of drug-likeness (QED) is 0.609. The molecule has 5 nitrogen and oxygen atoms in total. The monoisotopic (exact) mass is 468 g/mol. The molecular formula is C23H22ClF3NO4+. The average Bonchev–Trinajstić information content (AvgIpc) is 2.69. The third-order valence-electron chi connectivity index (χ3n) is 5.57. The molecule has 32 heavy (non-hydrogen) atoms. The Morgan fingerprint density at radius 2 is 1.72 bits per heavy atom. The SMILES string of the molecule is C[C@@H]1C[NH+](Cc2c(O)ccc3c(=O)c(-c4ccc(Cl)cc4)c(C(F)(F)F)oc23)C[C@@H](C)O1. The standard InChI is InChI=1S/C23H21ClF3NO4/c1-12-9-28(10-13(2)31-12)11-17-18(29)8-7-16-20(30)19(14-3-5-15(24)6-4-14)22(23(25,26)27)32-21(16)17/h3-8,12-13,29H,9-11H2,1-2H3/p+1/t12-,13-/m1/s1. The molecule has 2 N–H and O–H groups in total. The zero-order valence-corrected chi connectivity index (χ0v) is 18.2. The molecule has 0 aliphatic carbocycles. The second-order valence-corrected chi connectivity index (χ2v) is 8.61. The maximum Gasteiger partial charge on any atom is 0.450 e. The number of rotatable bonds is 3. The topological polar surface area (TPSA) is 64.1 Å². The van der Waals surface area contributed by atoms with Crippen molar-refractivity contribution in [3.63, 3.8) is 0 Å². The number of morpholine rings is 1. The molecule has 1 aliphatic heterocycles. The lowest BCUT2D eigenvalue weighted by Crippen LogP contribution is -3.14. The minimum Gasteiger partial charge on any atom is -0.507 e. The number of quaternary nitrogens is 1. The summed E-state index contributed by atoms with van der Waals surface area (Å²) in [6.45, 7) is 5.25. The normalized spacial score (nSPS) is 21.8. The minimum atomic E-state index is -4.92. The van der Waals surface area contributed by atoms with Crippen LogP contribution in [0.4, 0.5) is 13.2 Å². The van der Waals surface area contributed by atoms with Gasteiger partial charge in [-0.25, -0.2) is 0 Å². The maximum atomic E-state index is 14.0. The van der Waals surface area contributed by atoms with E-state index in [1.54, 1.807) is 0 Å². The van der Waals surface area contributed by atoms with E-state index in [9.17, 15) is 23.1 Å². The van der Waals surface area contributed by atoms with Crippen LogP contribution in [0.1, 0.15) is 25.2 Å². The van der Waals surface area contributed by atoms with E-state index in [2.05, 4.69) is 0 Å². The van der Waals surface area contributed by atoms with Crippen molar-refractivity contribution in [3.05, 3.63) is 63.0 Å². The minimum absolute atomic E-state index is 0.0236. The largest absolute Gasteiger partial charge is 0.507 e. The molecule has 170 valence electrons. The third-order valence-corrected chi connectivity index (χ3v) is 5.82. The van der Waals surface area contributed by atoms with Crippen molar-refractivity contribution >= 4 is 22.6 Å². The second-order valence-electron chi connectivity index (χ2n) is 8.17. The lowest BCUT2D eigenvalue weighted by atomic mass is 10.00. The van der Waals surface area contributed by atoms with Gasteiger partial charge >= 0.3 is 6.18 Å². The first-order chi connectivity index (χ1) is 15.0. The van der Waals surface area contributed by atoms with Crippen LogP contribution in [-0.2, 0) is 17.5 Å². The highest BCUT2D eigenvalue weighted by Gasteiger charge is 2.40. The van der Waals surface area contributed by atoms with E-state index in [0.717, 1.165) is 4.90 Å². The predicted octanol–water partition coefficient (Wildman–Crippen LogP) is 4.03. The first kappa shape index (κ1) is 22.6. The lowest BCUT2D eigenvalue weighted by Gasteiger charge is -2.32. The Bertz CT molecular complexity index is 1200. The summed E-state index contributed by atoms with van der Waals surface area (Å²) in [5.74, 6) is -1.62. The highest BCUT2D eigenvalue weighted by Crippen LogP contribution is 2.39. The molecule has 1 saturated heterocycles. The van der Waals surface area contributed by atoms with Crippen molar-refractivity contribution in [2.75, 3.05) is 13.1 Å². The Morgan fingerprint density at radius 3 is 2.31 bits per heavy atom. The van der Waals surface area contributed by atoms with Crippen LogP contribution in [0.25, 0.3) is 22.1 Å². The van der Waals surface area contributed by atoms with Crippen LogP contribution in [0.15, 0.2) is 45.6 Å². The number of alkyl halides is 3. The summed E-state index contributed by atoms with van der Waals surface area (Å²) in [5.41, 5.74) is -1.43. The Morgan fingerprint density at radius 1 is 1.09 bits per heavy atom. The van der Waals surface area contributed by atoms with Crippen LogP contribution in [-0.4, -0.2) is 30.4 Å². The molecule has 4 rings (SSSR count). The van der Waals surface area contributed by atoms with Crippen molar-refractivity contribution < 1.29 is 32.3 Å². The van der Waals surface area contributed by atoms with Crippen molar-refractivity contribution in [1.82, 2.24) is 0 Å². The number of nitrogens with one attached hydrogen (secondary N) is 1. The number of benzene rings is 2. The number of phenolic OH excluding ortho intramolecular Hbond substituents is 1. The van der Waals surface area contributed by atoms with E-state index in [-0.39, 0.29) is 46.6 Å². The van der Waals surface area contributed by atoms with Crippen molar-refractivity contribution in [2.45, 2.75) is 38.8 Å². The molecular weight excluding hydrogens is 447 g/mol. The molecule has 0 radical (unpaired) electrons. The molecule has 3 aromatic rings. The maximum absolute atomic E-state index is 14.0. The third kappa shape index (κ3) is 4.35. The number of aromatic hydroxyl groups is 1. The summed E-state index contributed by atoms with van der Waals surface area (Å²) in [6.07, 6.45) is -5.00. The van der Waals surface area contributed by atoms with Crippen LogP contribution in [0, 0.1) is 0 Å². The van der Waals surface area contributed by atoms with Gasteiger partial charge in [-0.3, -0.25) is 4.79 Å². The van der Waals surface area contributed by atoms with Gasteiger partial charge in [0.2, 0.25) is 11.2 Å². The first-order valence-corrected chi connectivity index (χ1v) is 10.6. The molecule has 9 heteroatoms. The summed E-state index contributed by atoms with van der Waals surface area (Å²) < 4.78 is 53.0. The smallest absolute Gasteiger partial charge is 0.450 e. The molecule has 0 unspecified atom stereocenters. The highest BCUT2D eigenvalue weighted by molar-refractivity contribution is 6.30. The molecule has 0 saturated carbocycles. The van der Waals surface area contributed by atoms with E-state index < -0.39 is 22.9 Å². The fourth-order valence-electron chi connectivity index (χ4n) is 4.34. The average molecular weight is 469 g/mol. The fraction of sp³-hybridized carbons (Fsp3) is 0.348. The summed E-state index contributed by atoms with van der Waals surface area (Å²) in [4.78, 5) is 14.3. The highest BCUT2D eigenvalue weighted by atomic mass is 35.5. The van der Waals surface area contributed by atoms with Crippen molar-refractivity contribution in [1.29, 1.82) is 0 Å². The van der Waals surface area contributed by atoms with Crippen LogP contribution >= 0.6 is 11.6 Å². The van der Waals surface area contributed by atoms with E-state index in [4.69, 9.17) is 20.8 Å². The lowest BCUT2D eigenvalue weighted by molar-refractivity contribution is -0.928. The van der Waals surface area contributed by atoms with Gasteiger partial charge < -0.3 is 19.2 Å². The van der Waals surface area contributed by atoms with Crippen LogP contribution in [0.5, 0.6) is 5.75 Å². The molecule has 0 spiro atoms. The Labute approximate surface area is 187 Å². The summed E-state index contributed by atoms with van der Waals surface area (Å²) in [7, 11) is 0. The van der Waals surface area contributed by atoms with Crippen molar-refractivity contribution in [3.8, 4) is 16.9 Å². The number of hydrogen-bond acceptors (Lipinski definition) is 4. The van der Waals surface area contributed by atoms with Crippen molar-refractivity contribution in [2.24, 2.45) is 0 Å². The van der Waals surface area contributed by atoms with Gasteiger partial charge in [0.1, 0.15) is 37.6 Å². The van der Waals surface area contributed by atoms with Gasteiger partial charge in [0.05, 0.1) is 16.5 Å². The number of phenols is 1. The molecule has 2 atom stereocenters. The Balaban J connectivity index is 1.92. The number of ether oxygens (including phenoxy) is 1. The summed E-state index contributed by atoms with van der Waals surface area (Å²) >= 11 is 5.85. The summed E-state index contributed by atoms with van der Waals surface area (Å²) in [5, 5.41) is 10.8. The van der Waals surface area contributed by atoms with Gasteiger partial charge in [-0.2, -0.15) is 13.2 Å².